The Bertz CT molecular complexity index is 995. The second-order valence-corrected chi connectivity index (χ2v) is 6.38. The van der Waals surface area contributed by atoms with Gasteiger partial charge in [0.1, 0.15) is 5.75 Å². The van der Waals surface area contributed by atoms with Gasteiger partial charge in [-0.05, 0) is 31.2 Å². The van der Waals surface area contributed by atoms with Gasteiger partial charge in [-0.1, -0.05) is 47.7 Å². The number of ether oxygens (including phenoxy) is 1. The molecule has 6 nitrogen and oxygen atoms in total. The van der Waals surface area contributed by atoms with Gasteiger partial charge >= 0.3 is 0 Å². The number of anilines is 1. The fourth-order valence-corrected chi connectivity index (χ4v) is 3.22. The minimum absolute atomic E-state index is 0.410. The molecule has 0 radical (unpaired) electrons. The van der Waals surface area contributed by atoms with Gasteiger partial charge in [0.15, 0.2) is 5.01 Å². The molecule has 0 fully saturated rings. The Labute approximate surface area is 148 Å². The smallest absolute Gasteiger partial charge is 0.233 e. The first-order valence-corrected chi connectivity index (χ1v) is 8.51. The molecule has 25 heavy (non-hydrogen) atoms. The van der Waals surface area contributed by atoms with Gasteiger partial charge in [-0.2, -0.15) is 9.78 Å². The van der Waals surface area contributed by atoms with E-state index in [4.69, 9.17) is 10.5 Å². The monoisotopic (exact) mass is 349 g/mol. The van der Waals surface area contributed by atoms with Crippen molar-refractivity contribution < 1.29 is 4.74 Å². The maximum atomic E-state index is 6.18. The lowest BCUT2D eigenvalue weighted by atomic mass is 10.2. The van der Waals surface area contributed by atoms with Gasteiger partial charge in [-0.25, -0.2) is 0 Å². The molecule has 2 heterocycles. The van der Waals surface area contributed by atoms with Crippen LogP contribution in [-0.2, 0) is 0 Å². The van der Waals surface area contributed by atoms with Gasteiger partial charge in [-0.15, -0.1) is 10.2 Å². The van der Waals surface area contributed by atoms with Crippen molar-refractivity contribution in [1.29, 1.82) is 0 Å². The van der Waals surface area contributed by atoms with Crippen molar-refractivity contribution in [2.45, 2.75) is 6.92 Å². The summed E-state index contributed by atoms with van der Waals surface area (Å²) in [5.74, 6) is 1.31. The Morgan fingerprint density at radius 1 is 0.960 bits per heavy atom. The maximum Gasteiger partial charge on any atom is 0.233 e. The van der Waals surface area contributed by atoms with Crippen LogP contribution in [0.15, 0.2) is 60.7 Å². The van der Waals surface area contributed by atoms with E-state index in [-0.39, 0.29) is 0 Å². The molecule has 0 saturated carbocycles. The van der Waals surface area contributed by atoms with Gasteiger partial charge in [0.2, 0.25) is 11.0 Å². The number of para-hydroxylation sites is 2. The average Bonchev–Trinajstić information content (AvgIpc) is 3.20. The number of aryl methyl sites for hydroxylation is 1. The highest BCUT2D eigenvalue weighted by molar-refractivity contribution is 7.18. The zero-order chi connectivity index (χ0) is 17.2. The topological polar surface area (TPSA) is 78.8 Å². The minimum atomic E-state index is 0.410. The highest BCUT2D eigenvalue weighted by Crippen LogP contribution is 2.39. The highest BCUT2D eigenvalue weighted by atomic mass is 32.1. The number of rotatable bonds is 4. The first-order valence-electron chi connectivity index (χ1n) is 7.69. The zero-order valence-corrected chi connectivity index (χ0v) is 14.3. The molecule has 4 aromatic rings. The van der Waals surface area contributed by atoms with Crippen LogP contribution in [0.5, 0.6) is 11.6 Å². The largest absolute Gasteiger partial charge is 0.438 e. The Hall–Kier alpha value is -3.19. The van der Waals surface area contributed by atoms with Crippen molar-refractivity contribution in [2.24, 2.45) is 0 Å². The minimum Gasteiger partial charge on any atom is -0.438 e. The fraction of sp³-hybridized carbons (Fsp3) is 0.0556. The number of benzene rings is 2. The van der Waals surface area contributed by atoms with Crippen LogP contribution in [0, 0.1) is 6.92 Å². The fourth-order valence-electron chi connectivity index (χ4n) is 2.53. The van der Waals surface area contributed by atoms with Crippen molar-refractivity contribution in [3.63, 3.8) is 0 Å². The summed E-state index contributed by atoms with van der Waals surface area (Å²) in [5.41, 5.74) is 8.26. The molecule has 2 N–H and O–H groups in total. The van der Waals surface area contributed by atoms with Crippen molar-refractivity contribution in [3.8, 4) is 27.9 Å². The van der Waals surface area contributed by atoms with E-state index in [1.54, 1.807) is 4.68 Å². The van der Waals surface area contributed by atoms with Gasteiger partial charge in [0, 0.05) is 0 Å². The summed E-state index contributed by atoms with van der Waals surface area (Å²) >= 11 is 1.31. The number of aromatic nitrogens is 4. The molecule has 0 bridgehead atoms. The summed E-state index contributed by atoms with van der Waals surface area (Å²) < 4.78 is 7.95. The number of hydrogen-bond acceptors (Lipinski definition) is 6. The first-order chi connectivity index (χ1) is 12.2. The van der Waals surface area contributed by atoms with Crippen LogP contribution in [0.25, 0.3) is 16.3 Å². The predicted octanol–water partition coefficient (Wildman–Crippen LogP) is 4.07. The quantitative estimate of drug-likeness (QED) is 0.601. The van der Waals surface area contributed by atoms with Crippen molar-refractivity contribution >= 4 is 16.5 Å². The lowest BCUT2D eigenvalue weighted by molar-refractivity contribution is 0.446. The summed E-state index contributed by atoms with van der Waals surface area (Å²) in [5, 5.41) is 13.8. The number of nitrogens with two attached hydrogens (primary N) is 1. The molecule has 0 aliphatic heterocycles. The average molecular weight is 349 g/mol. The van der Waals surface area contributed by atoms with Crippen LogP contribution in [0.4, 0.5) is 5.13 Å². The lowest BCUT2D eigenvalue weighted by Gasteiger charge is -2.10. The Kier molecular flexibility index (Phi) is 3.91. The second-order valence-electron chi connectivity index (χ2n) is 5.37. The SMILES string of the molecule is Cc1nn(-c2ccccc2)c(Oc2ccccc2)c1-c1nnc(N)s1. The third kappa shape index (κ3) is 2.97. The normalized spacial score (nSPS) is 10.8. The summed E-state index contributed by atoms with van der Waals surface area (Å²) in [4.78, 5) is 0. The molecule has 0 aliphatic rings. The number of nitrogen functional groups attached to an aromatic ring is 1. The van der Waals surface area contributed by atoms with E-state index < -0.39 is 0 Å². The Morgan fingerprint density at radius 3 is 2.28 bits per heavy atom. The third-order valence-electron chi connectivity index (χ3n) is 3.63. The molecule has 0 unspecified atom stereocenters. The molecule has 7 heteroatoms. The molecule has 2 aromatic carbocycles. The van der Waals surface area contributed by atoms with Gasteiger partial charge < -0.3 is 10.5 Å². The van der Waals surface area contributed by atoms with Crippen LogP contribution in [0.2, 0.25) is 0 Å². The van der Waals surface area contributed by atoms with Crippen LogP contribution in [0.3, 0.4) is 0 Å². The standard InChI is InChI=1S/C18H15N5OS/c1-12-15(16-20-21-18(19)25-16)17(24-14-10-6-3-7-11-14)23(22-12)13-8-4-2-5-9-13/h2-11H,1H3,(H2,19,21). The Morgan fingerprint density at radius 2 is 1.64 bits per heavy atom. The van der Waals surface area contributed by atoms with Crippen LogP contribution in [-0.4, -0.2) is 20.0 Å². The molecule has 0 spiro atoms. The summed E-state index contributed by atoms with van der Waals surface area (Å²) in [7, 11) is 0. The Balaban J connectivity index is 1.90. The molecule has 2 aromatic heterocycles. The first kappa shape index (κ1) is 15.3. The van der Waals surface area contributed by atoms with Crippen LogP contribution < -0.4 is 10.5 Å². The lowest BCUT2D eigenvalue weighted by Crippen LogP contribution is -1.99. The van der Waals surface area contributed by atoms with Gasteiger partial charge in [-0.3, -0.25) is 0 Å². The maximum absolute atomic E-state index is 6.18. The zero-order valence-electron chi connectivity index (χ0n) is 13.5. The summed E-state index contributed by atoms with van der Waals surface area (Å²) in [6.07, 6.45) is 0. The highest BCUT2D eigenvalue weighted by Gasteiger charge is 2.23. The molecule has 0 atom stereocenters. The molecule has 0 aliphatic carbocycles. The van der Waals surface area contributed by atoms with Gasteiger partial charge in [0.25, 0.3) is 0 Å². The molecule has 0 amide bonds. The van der Waals surface area contributed by atoms with Crippen LogP contribution >= 0.6 is 11.3 Å². The van der Waals surface area contributed by atoms with Crippen molar-refractivity contribution in [1.82, 2.24) is 20.0 Å². The molecular formula is C18H15N5OS. The van der Waals surface area contributed by atoms with E-state index in [0.29, 0.717) is 16.0 Å². The van der Waals surface area contributed by atoms with E-state index in [2.05, 4.69) is 15.3 Å². The van der Waals surface area contributed by atoms with E-state index in [0.717, 1.165) is 22.7 Å². The summed E-state index contributed by atoms with van der Waals surface area (Å²) in [6, 6.07) is 19.4. The number of nitrogens with zero attached hydrogens (tertiary/aromatic N) is 4. The van der Waals surface area contributed by atoms with E-state index >= 15 is 0 Å². The van der Waals surface area contributed by atoms with E-state index in [1.165, 1.54) is 11.3 Å². The van der Waals surface area contributed by atoms with Crippen molar-refractivity contribution in [3.05, 3.63) is 66.4 Å². The van der Waals surface area contributed by atoms with E-state index in [9.17, 15) is 0 Å². The number of hydrogen-bond donors (Lipinski definition) is 1. The predicted molar refractivity (Wildman–Crippen MR) is 98.1 cm³/mol. The van der Waals surface area contributed by atoms with Gasteiger partial charge in [0.05, 0.1) is 16.9 Å². The second kappa shape index (κ2) is 6.37. The summed E-state index contributed by atoms with van der Waals surface area (Å²) in [6.45, 7) is 1.92. The van der Waals surface area contributed by atoms with Crippen molar-refractivity contribution in [2.75, 3.05) is 5.73 Å². The molecule has 4 rings (SSSR count). The van der Waals surface area contributed by atoms with E-state index in [1.807, 2.05) is 67.6 Å². The molecular weight excluding hydrogens is 334 g/mol. The van der Waals surface area contributed by atoms with Crippen LogP contribution in [0.1, 0.15) is 5.69 Å². The molecule has 124 valence electrons. The molecule has 0 saturated heterocycles. The third-order valence-corrected chi connectivity index (χ3v) is 4.40.